The van der Waals surface area contributed by atoms with Crippen molar-refractivity contribution in [2.45, 2.75) is 0 Å². The Labute approximate surface area is 67.1 Å². The van der Waals surface area contributed by atoms with Crippen LogP contribution in [0.15, 0.2) is 29.0 Å². The molecule has 0 saturated carbocycles. The monoisotopic (exact) mass is 151 g/mol. The summed E-state index contributed by atoms with van der Waals surface area (Å²) in [6.45, 7) is 0.891. The third-order valence-electron chi connectivity index (χ3n) is 1.26. The molecule has 60 valence electrons. The number of likely N-dealkylation sites (N-methyl/N-ethyl adjacent to an activating group) is 1. The largest absolute Gasteiger partial charge is 0.304 e. The molecule has 11 heavy (non-hydrogen) atoms. The van der Waals surface area contributed by atoms with E-state index < -0.39 is 0 Å². The zero-order chi connectivity index (χ0) is 8.10. The van der Waals surface area contributed by atoms with Crippen LogP contribution in [0.2, 0.25) is 0 Å². The molecule has 1 N–H and O–H groups in total. The van der Waals surface area contributed by atoms with Gasteiger partial charge in [-0.1, -0.05) is 6.08 Å². The molecule has 1 heterocycles. The van der Waals surface area contributed by atoms with E-state index in [2.05, 4.69) is 15.4 Å². The summed E-state index contributed by atoms with van der Waals surface area (Å²) < 4.78 is 0. The minimum Gasteiger partial charge on any atom is -0.304 e. The summed E-state index contributed by atoms with van der Waals surface area (Å²) in [5.74, 6) is 0. The van der Waals surface area contributed by atoms with Gasteiger partial charge < -0.3 is 4.90 Å². The lowest BCUT2D eigenvalue weighted by Crippen LogP contribution is -2.21. The Balaban J connectivity index is 2.51. The Morgan fingerprint density at radius 1 is 1.45 bits per heavy atom. The molecule has 3 heteroatoms. The molecular formula is C8H13N3. The zero-order valence-electron chi connectivity index (χ0n) is 6.91. The summed E-state index contributed by atoms with van der Waals surface area (Å²) in [5, 5.41) is 3.95. The SMILES string of the molecule is CN(C)CC1=CC=CC=NN1. The number of hydrogen-bond donors (Lipinski definition) is 1. The number of allylic oxidation sites excluding steroid dienone is 3. The van der Waals surface area contributed by atoms with E-state index in [-0.39, 0.29) is 0 Å². The fourth-order valence-electron chi connectivity index (χ4n) is 0.851. The first-order chi connectivity index (χ1) is 5.29. The van der Waals surface area contributed by atoms with Crippen molar-refractivity contribution in [1.29, 1.82) is 0 Å². The van der Waals surface area contributed by atoms with E-state index in [0.29, 0.717) is 0 Å². The van der Waals surface area contributed by atoms with Gasteiger partial charge in [-0.05, 0) is 26.2 Å². The molecule has 0 aliphatic carbocycles. The number of rotatable bonds is 2. The van der Waals surface area contributed by atoms with Crippen molar-refractivity contribution in [3.63, 3.8) is 0 Å². The molecule has 0 fully saturated rings. The molecular weight excluding hydrogens is 138 g/mol. The molecule has 0 aromatic rings. The molecule has 0 aromatic carbocycles. The molecule has 1 rings (SSSR count). The van der Waals surface area contributed by atoms with Gasteiger partial charge >= 0.3 is 0 Å². The van der Waals surface area contributed by atoms with Crippen molar-refractivity contribution < 1.29 is 0 Å². The van der Waals surface area contributed by atoms with Crippen LogP contribution in [-0.2, 0) is 0 Å². The standard InChI is InChI=1S/C8H13N3/c1-11(2)7-8-5-3-4-6-9-10-8/h3-6,10H,7H2,1-2H3. The highest BCUT2D eigenvalue weighted by Crippen LogP contribution is 1.94. The summed E-state index contributed by atoms with van der Waals surface area (Å²) in [5.41, 5.74) is 4.05. The Hall–Kier alpha value is -1.09. The zero-order valence-corrected chi connectivity index (χ0v) is 6.91. The second kappa shape index (κ2) is 3.93. The number of nitrogens with zero attached hydrogens (tertiary/aromatic N) is 2. The first kappa shape index (κ1) is 8.01. The van der Waals surface area contributed by atoms with Crippen LogP contribution in [0.25, 0.3) is 0 Å². The molecule has 0 radical (unpaired) electrons. The fourth-order valence-corrected chi connectivity index (χ4v) is 0.851. The van der Waals surface area contributed by atoms with Gasteiger partial charge in [0.25, 0.3) is 0 Å². The number of nitrogens with one attached hydrogen (secondary N) is 1. The van der Waals surface area contributed by atoms with Crippen LogP contribution in [0.5, 0.6) is 0 Å². The normalized spacial score (nSPS) is 16.1. The van der Waals surface area contributed by atoms with Gasteiger partial charge in [0.2, 0.25) is 0 Å². The van der Waals surface area contributed by atoms with Gasteiger partial charge in [-0.15, -0.1) is 0 Å². The van der Waals surface area contributed by atoms with Crippen LogP contribution in [0, 0.1) is 0 Å². The predicted molar refractivity (Wildman–Crippen MR) is 47.4 cm³/mol. The van der Waals surface area contributed by atoms with Gasteiger partial charge in [-0.2, -0.15) is 5.10 Å². The Bertz CT molecular complexity index is 201. The lowest BCUT2D eigenvalue weighted by atomic mass is 10.3. The summed E-state index contributed by atoms with van der Waals surface area (Å²) in [6.07, 6.45) is 7.63. The second-order valence-electron chi connectivity index (χ2n) is 2.70. The van der Waals surface area contributed by atoms with Crippen LogP contribution < -0.4 is 5.43 Å². The third-order valence-corrected chi connectivity index (χ3v) is 1.26. The highest BCUT2D eigenvalue weighted by atomic mass is 15.3. The molecule has 0 bridgehead atoms. The summed E-state index contributed by atoms with van der Waals surface area (Å²) in [6, 6.07) is 0. The fraction of sp³-hybridized carbons (Fsp3) is 0.375. The van der Waals surface area contributed by atoms with E-state index in [1.807, 2.05) is 32.3 Å². The van der Waals surface area contributed by atoms with Crippen molar-refractivity contribution in [2.24, 2.45) is 5.10 Å². The van der Waals surface area contributed by atoms with Crippen LogP contribution in [0.3, 0.4) is 0 Å². The quantitative estimate of drug-likeness (QED) is 0.625. The lowest BCUT2D eigenvalue weighted by molar-refractivity contribution is 0.434. The van der Waals surface area contributed by atoms with E-state index in [1.54, 1.807) is 6.21 Å². The van der Waals surface area contributed by atoms with Crippen LogP contribution in [0.4, 0.5) is 0 Å². The molecule has 0 atom stereocenters. The Morgan fingerprint density at radius 2 is 2.27 bits per heavy atom. The Morgan fingerprint density at radius 3 is 3.00 bits per heavy atom. The van der Waals surface area contributed by atoms with Crippen LogP contribution in [-0.4, -0.2) is 31.8 Å². The maximum Gasteiger partial charge on any atom is 0.0476 e. The van der Waals surface area contributed by atoms with Gasteiger partial charge in [-0.3, -0.25) is 5.43 Å². The van der Waals surface area contributed by atoms with Gasteiger partial charge in [0.15, 0.2) is 0 Å². The molecule has 0 unspecified atom stereocenters. The third kappa shape index (κ3) is 3.00. The second-order valence-corrected chi connectivity index (χ2v) is 2.70. The topological polar surface area (TPSA) is 27.6 Å². The average molecular weight is 151 g/mol. The van der Waals surface area contributed by atoms with Crippen molar-refractivity contribution in [2.75, 3.05) is 20.6 Å². The highest BCUT2D eigenvalue weighted by Gasteiger charge is 1.96. The first-order valence-corrected chi connectivity index (χ1v) is 3.58. The van der Waals surface area contributed by atoms with E-state index in [0.717, 1.165) is 12.2 Å². The molecule has 0 aromatic heterocycles. The van der Waals surface area contributed by atoms with Gasteiger partial charge in [-0.25, -0.2) is 0 Å². The maximum atomic E-state index is 3.95. The maximum absolute atomic E-state index is 3.95. The van der Waals surface area contributed by atoms with Gasteiger partial charge in [0.05, 0.1) is 0 Å². The minimum absolute atomic E-state index is 0.891. The smallest absolute Gasteiger partial charge is 0.0476 e. The van der Waals surface area contributed by atoms with Gasteiger partial charge in [0, 0.05) is 18.5 Å². The first-order valence-electron chi connectivity index (χ1n) is 3.58. The Kier molecular flexibility index (Phi) is 2.86. The van der Waals surface area contributed by atoms with Crippen LogP contribution >= 0.6 is 0 Å². The molecule has 3 nitrogen and oxygen atoms in total. The average Bonchev–Trinajstić information content (AvgIpc) is 2.14. The van der Waals surface area contributed by atoms with Crippen molar-refractivity contribution in [3.8, 4) is 0 Å². The summed E-state index contributed by atoms with van der Waals surface area (Å²) in [4.78, 5) is 2.09. The number of hydrogen-bond acceptors (Lipinski definition) is 3. The van der Waals surface area contributed by atoms with E-state index in [9.17, 15) is 0 Å². The van der Waals surface area contributed by atoms with Crippen molar-refractivity contribution >= 4 is 6.21 Å². The van der Waals surface area contributed by atoms with E-state index >= 15 is 0 Å². The van der Waals surface area contributed by atoms with E-state index in [1.165, 1.54) is 0 Å². The lowest BCUT2D eigenvalue weighted by Gasteiger charge is -2.11. The minimum atomic E-state index is 0.891. The summed E-state index contributed by atoms with van der Waals surface area (Å²) >= 11 is 0. The molecule has 1 aliphatic heterocycles. The van der Waals surface area contributed by atoms with E-state index in [4.69, 9.17) is 0 Å². The highest BCUT2D eigenvalue weighted by molar-refractivity contribution is 5.71. The molecule has 1 aliphatic rings. The predicted octanol–water partition coefficient (Wildman–Crippen LogP) is 0.577. The van der Waals surface area contributed by atoms with Crippen molar-refractivity contribution in [3.05, 3.63) is 23.9 Å². The van der Waals surface area contributed by atoms with Gasteiger partial charge in [0.1, 0.15) is 0 Å². The molecule has 0 spiro atoms. The molecule has 0 amide bonds. The number of hydrazone groups is 1. The molecule has 0 saturated heterocycles. The summed E-state index contributed by atoms with van der Waals surface area (Å²) in [7, 11) is 4.06. The van der Waals surface area contributed by atoms with Crippen molar-refractivity contribution in [1.82, 2.24) is 10.3 Å². The van der Waals surface area contributed by atoms with Crippen LogP contribution in [0.1, 0.15) is 0 Å².